The minimum Gasteiger partial charge on any atom is -0.375 e. The zero-order chi connectivity index (χ0) is 13.0. The molecule has 1 N–H and O–H groups in total. The van der Waals surface area contributed by atoms with Crippen molar-refractivity contribution in [2.24, 2.45) is 0 Å². The zero-order valence-corrected chi connectivity index (χ0v) is 12.6. The second-order valence-electron chi connectivity index (χ2n) is 5.50. The van der Waals surface area contributed by atoms with Gasteiger partial charge in [0.2, 0.25) is 5.91 Å². The summed E-state index contributed by atoms with van der Waals surface area (Å²) in [6, 6.07) is 0. The molecule has 2 aliphatic rings. The quantitative estimate of drug-likeness (QED) is 0.836. The topological polar surface area (TPSA) is 50.8 Å². The highest BCUT2D eigenvalue weighted by molar-refractivity contribution is 5.85. The lowest BCUT2D eigenvalue weighted by molar-refractivity contribution is -0.156. The smallest absolute Gasteiger partial charge is 0.248 e. The van der Waals surface area contributed by atoms with E-state index in [-0.39, 0.29) is 36.6 Å². The van der Waals surface area contributed by atoms with Gasteiger partial charge in [-0.1, -0.05) is 0 Å². The van der Waals surface area contributed by atoms with Crippen molar-refractivity contribution in [2.75, 3.05) is 40.4 Å². The minimum atomic E-state index is -0.00463. The summed E-state index contributed by atoms with van der Waals surface area (Å²) in [5.41, 5.74) is -0.00463. The van der Waals surface area contributed by atoms with Crippen molar-refractivity contribution in [1.29, 1.82) is 0 Å². The van der Waals surface area contributed by atoms with E-state index >= 15 is 0 Å². The molecule has 19 heavy (non-hydrogen) atoms. The van der Waals surface area contributed by atoms with E-state index < -0.39 is 0 Å². The maximum Gasteiger partial charge on any atom is 0.248 e. The Bertz CT molecular complexity index is 288. The summed E-state index contributed by atoms with van der Waals surface area (Å²) < 4.78 is 11.7. The fourth-order valence-electron chi connectivity index (χ4n) is 2.67. The first-order valence-corrected chi connectivity index (χ1v) is 6.78. The monoisotopic (exact) mass is 292 g/mol. The molecular weight excluding hydrogens is 268 g/mol. The number of carbonyl (C=O) groups excluding carboxylic acids is 1. The molecule has 0 aromatic rings. The van der Waals surface area contributed by atoms with Crippen LogP contribution in [-0.2, 0) is 14.3 Å². The van der Waals surface area contributed by atoms with E-state index in [1.54, 1.807) is 19.0 Å². The van der Waals surface area contributed by atoms with Crippen molar-refractivity contribution in [3.63, 3.8) is 0 Å². The third kappa shape index (κ3) is 4.60. The number of nitrogens with zero attached hydrogens (tertiary/aromatic N) is 1. The maximum absolute atomic E-state index is 11.5. The fraction of sp³-hybridized carbons (Fsp3) is 0.923. The lowest BCUT2D eigenvalue weighted by Gasteiger charge is -2.43. The van der Waals surface area contributed by atoms with Gasteiger partial charge in [0.15, 0.2) is 0 Å². The number of ether oxygens (including phenoxy) is 2. The van der Waals surface area contributed by atoms with Crippen LogP contribution in [0.15, 0.2) is 0 Å². The van der Waals surface area contributed by atoms with Crippen LogP contribution in [0.4, 0.5) is 0 Å². The van der Waals surface area contributed by atoms with Gasteiger partial charge in [0.25, 0.3) is 0 Å². The zero-order valence-electron chi connectivity index (χ0n) is 11.8. The minimum absolute atomic E-state index is 0. The molecule has 5 nitrogen and oxygen atoms in total. The molecule has 112 valence electrons. The largest absolute Gasteiger partial charge is 0.375 e. The molecule has 1 atom stereocenters. The second-order valence-corrected chi connectivity index (χ2v) is 5.50. The first kappa shape index (κ1) is 16.7. The van der Waals surface area contributed by atoms with E-state index in [1.807, 2.05) is 0 Å². The fourth-order valence-corrected chi connectivity index (χ4v) is 2.67. The molecule has 6 heteroatoms. The number of likely N-dealkylation sites (N-methyl/N-ethyl adjacent to an activating group) is 1. The predicted octanol–water partition coefficient (Wildman–Crippen LogP) is 0.814. The second kappa shape index (κ2) is 7.43. The van der Waals surface area contributed by atoms with Gasteiger partial charge in [0.05, 0.1) is 11.7 Å². The van der Waals surface area contributed by atoms with Crippen LogP contribution in [0.2, 0.25) is 0 Å². The van der Waals surface area contributed by atoms with Crippen molar-refractivity contribution < 1.29 is 14.3 Å². The third-order valence-corrected chi connectivity index (χ3v) is 3.90. The highest BCUT2D eigenvalue weighted by Crippen LogP contribution is 2.34. The van der Waals surface area contributed by atoms with Crippen LogP contribution in [0.1, 0.15) is 25.7 Å². The first-order chi connectivity index (χ1) is 8.61. The third-order valence-electron chi connectivity index (χ3n) is 3.90. The van der Waals surface area contributed by atoms with Crippen LogP contribution in [0.3, 0.4) is 0 Å². The van der Waals surface area contributed by atoms with Gasteiger partial charge >= 0.3 is 0 Å². The molecule has 0 aromatic carbocycles. The van der Waals surface area contributed by atoms with Crippen molar-refractivity contribution in [1.82, 2.24) is 10.2 Å². The van der Waals surface area contributed by atoms with E-state index in [1.165, 1.54) is 0 Å². The number of hydrogen-bond donors (Lipinski definition) is 1. The molecule has 1 unspecified atom stereocenters. The van der Waals surface area contributed by atoms with Gasteiger partial charge in [0, 0.05) is 27.1 Å². The van der Waals surface area contributed by atoms with E-state index in [4.69, 9.17) is 9.47 Å². The van der Waals surface area contributed by atoms with Gasteiger partial charge in [-0.05, 0) is 32.4 Å². The average Bonchev–Trinajstić information content (AvgIpc) is 2.37. The van der Waals surface area contributed by atoms with Crippen LogP contribution in [0, 0.1) is 0 Å². The lowest BCUT2D eigenvalue weighted by atomic mass is 9.84. The van der Waals surface area contributed by atoms with Crippen LogP contribution in [-0.4, -0.2) is 62.9 Å². The summed E-state index contributed by atoms with van der Waals surface area (Å²) in [5, 5.41) is 3.35. The number of rotatable bonds is 3. The summed E-state index contributed by atoms with van der Waals surface area (Å²) in [5.74, 6) is 0.0286. The van der Waals surface area contributed by atoms with Gasteiger partial charge in [-0.2, -0.15) is 0 Å². The summed E-state index contributed by atoms with van der Waals surface area (Å²) in [6.07, 6.45) is 4.09. The summed E-state index contributed by atoms with van der Waals surface area (Å²) in [7, 11) is 3.51. The molecule has 0 bridgehead atoms. The Morgan fingerprint density at radius 3 is 2.74 bits per heavy atom. The Kier molecular flexibility index (Phi) is 6.53. The van der Waals surface area contributed by atoms with Crippen LogP contribution >= 0.6 is 12.4 Å². The van der Waals surface area contributed by atoms with Crippen molar-refractivity contribution >= 4 is 18.3 Å². The van der Waals surface area contributed by atoms with Crippen molar-refractivity contribution in [3.8, 4) is 0 Å². The standard InChI is InChI=1S/C13H24N2O3.ClH/c1-15(2)12(16)10-17-11-3-8-18-13(9-11)4-6-14-7-5-13;/h11,14H,3-10H2,1-2H3;1H. The summed E-state index contributed by atoms with van der Waals surface area (Å²) in [4.78, 5) is 13.1. The predicted molar refractivity (Wildman–Crippen MR) is 75.7 cm³/mol. The average molecular weight is 293 g/mol. The Morgan fingerprint density at radius 1 is 1.42 bits per heavy atom. The van der Waals surface area contributed by atoms with Gasteiger partial charge in [-0.15, -0.1) is 12.4 Å². The Labute approximate surface area is 121 Å². The molecule has 2 heterocycles. The number of amides is 1. The molecule has 2 aliphatic heterocycles. The SMILES string of the molecule is CN(C)C(=O)COC1CCOC2(CCNCC2)C1.Cl. The lowest BCUT2D eigenvalue weighted by Crippen LogP contribution is -2.49. The highest BCUT2D eigenvalue weighted by atomic mass is 35.5. The van der Waals surface area contributed by atoms with E-state index in [0.29, 0.717) is 0 Å². The van der Waals surface area contributed by atoms with Gasteiger partial charge < -0.3 is 19.7 Å². The summed E-state index contributed by atoms with van der Waals surface area (Å²) in [6.45, 7) is 2.97. The number of carbonyl (C=O) groups is 1. The molecule has 0 radical (unpaired) electrons. The molecule has 2 saturated heterocycles. The summed E-state index contributed by atoms with van der Waals surface area (Å²) >= 11 is 0. The number of hydrogen-bond acceptors (Lipinski definition) is 4. The van der Waals surface area contributed by atoms with Crippen molar-refractivity contribution in [3.05, 3.63) is 0 Å². The molecule has 2 fully saturated rings. The van der Waals surface area contributed by atoms with Crippen molar-refractivity contribution in [2.45, 2.75) is 37.4 Å². The Morgan fingerprint density at radius 2 is 2.11 bits per heavy atom. The van der Waals surface area contributed by atoms with E-state index in [0.717, 1.165) is 45.4 Å². The Hall–Kier alpha value is -0.360. The highest BCUT2D eigenvalue weighted by Gasteiger charge is 2.39. The van der Waals surface area contributed by atoms with Crippen LogP contribution in [0.25, 0.3) is 0 Å². The van der Waals surface area contributed by atoms with E-state index in [9.17, 15) is 4.79 Å². The first-order valence-electron chi connectivity index (χ1n) is 6.78. The molecule has 1 amide bonds. The van der Waals surface area contributed by atoms with Gasteiger partial charge in [-0.25, -0.2) is 0 Å². The Balaban J connectivity index is 0.00000180. The maximum atomic E-state index is 11.5. The molecule has 0 aliphatic carbocycles. The van der Waals surface area contributed by atoms with Gasteiger partial charge in [-0.3, -0.25) is 4.79 Å². The molecule has 1 spiro atoms. The number of nitrogens with one attached hydrogen (secondary N) is 1. The number of piperidine rings is 1. The van der Waals surface area contributed by atoms with Crippen LogP contribution in [0.5, 0.6) is 0 Å². The molecule has 0 aromatic heterocycles. The van der Waals surface area contributed by atoms with Crippen LogP contribution < -0.4 is 5.32 Å². The molecule has 0 saturated carbocycles. The van der Waals surface area contributed by atoms with E-state index in [2.05, 4.69) is 5.32 Å². The van der Waals surface area contributed by atoms with Gasteiger partial charge in [0.1, 0.15) is 6.61 Å². The number of halogens is 1. The molecular formula is C13H25ClN2O3. The normalized spacial score (nSPS) is 25.7. The molecule has 2 rings (SSSR count).